The summed E-state index contributed by atoms with van der Waals surface area (Å²) in [5.41, 5.74) is 4.53. The van der Waals surface area contributed by atoms with E-state index in [2.05, 4.69) is 16.6 Å². The van der Waals surface area contributed by atoms with Crippen molar-refractivity contribution < 1.29 is 19.0 Å². The van der Waals surface area contributed by atoms with Gasteiger partial charge in [0.15, 0.2) is 6.10 Å². The first-order valence-corrected chi connectivity index (χ1v) is 11.5. The van der Waals surface area contributed by atoms with Crippen LogP contribution in [-0.2, 0) is 22.5 Å². The quantitative estimate of drug-likeness (QED) is 0.508. The molecule has 0 radical (unpaired) electrons. The lowest BCUT2D eigenvalue weighted by molar-refractivity contribution is -0.153. The molecular formula is C26H30FN3O3. The van der Waals surface area contributed by atoms with Crippen molar-refractivity contribution in [2.45, 2.75) is 51.7 Å². The number of ether oxygens (including phenoxy) is 1. The lowest BCUT2D eigenvalue weighted by atomic mass is 9.79. The number of carboxylic acids is 1. The van der Waals surface area contributed by atoms with Gasteiger partial charge in [-0.05, 0) is 50.0 Å². The van der Waals surface area contributed by atoms with E-state index in [0.29, 0.717) is 5.92 Å². The van der Waals surface area contributed by atoms with Gasteiger partial charge in [-0.3, -0.25) is 9.67 Å². The van der Waals surface area contributed by atoms with Crippen LogP contribution in [0.2, 0.25) is 0 Å². The van der Waals surface area contributed by atoms with Gasteiger partial charge in [0.25, 0.3) is 0 Å². The molecule has 1 saturated carbocycles. The Labute approximate surface area is 193 Å². The van der Waals surface area contributed by atoms with Gasteiger partial charge >= 0.3 is 5.97 Å². The summed E-state index contributed by atoms with van der Waals surface area (Å²) in [6.45, 7) is 2.84. The van der Waals surface area contributed by atoms with Crippen LogP contribution >= 0.6 is 0 Å². The van der Waals surface area contributed by atoms with Gasteiger partial charge in [-0.2, -0.15) is 5.10 Å². The Hall–Kier alpha value is -3.06. The summed E-state index contributed by atoms with van der Waals surface area (Å²) in [5, 5.41) is 14.4. The maximum Gasteiger partial charge on any atom is 0.333 e. The summed E-state index contributed by atoms with van der Waals surface area (Å²) in [6.07, 6.45) is 6.43. The minimum absolute atomic E-state index is 0.0424. The van der Waals surface area contributed by atoms with E-state index in [9.17, 15) is 14.3 Å². The minimum Gasteiger partial charge on any atom is -0.479 e. The summed E-state index contributed by atoms with van der Waals surface area (Å²) < 4.78 is 21.3. The van der Waals surface area contributed by atoms with Gasteiger partial charge in [-0.25, -0.2) is 9.18 Å². The lowest BCUT2D eigenvalue weighted by Crippen LogP contribution is -2.34. The Bertz CT molecular complexity index is 1090. The smallest absolute Gasteiger partial charge is 0.333 e. The van der Waals surface area contributed by atoms with Crippen LogP contribution in [0, 0.1) is 17.7 Å². The van der Waals surface area contributed by atoms with E-state index < -0.39 is 12.1 Å². The van der Waals surface area contributed by atoms with E-state index in [-0.39, 0.29) is 11.7 Å². The highest BCUT2D eigenvalue weighted by Gasteiger charge is 2.32. The van der Waals surface area contributed by atoms with Crippen LogP contribution < -0.4 is 0 Å². The molecule has 1 unspecified atom stereocenters. The molecule has 0 amide bonds. The zero-order valence-electron chi connectivity index (χ0n) is 19.1. The summed E-state index contributed by atoms with van der Waals surface area (Å²) >= 11 is 0. The summed E-state index contributed by atoms with van der Waals surface area (Å²) in [7, 11) is 1.47. The van der Waals surface area contributed by atoms with E-state index in [1.807, 2.05) is 30.3 Å². The number of aliphatic carboxylic acids is 1. The molecule has 1 aliphatic carbocycles. The summed E-state index contributed by atoms with van der Waals surface area (Å²) in [6, 6.07) is 11.5. The molecule has 174 valence electrons. The summed E-state index contributed by atoms with van der Waals surface area (Å²) in [4.78, 5) is 15.5. The topological polar surface area (TPSA) is 77.2 Å². The average Bonchev–Trinajstić information content (AvgIpc) is 3.19. The molecule has 33 heavy (non-hydrogen) atoms. The molecule has 1 atom stereocenters. The highest BCUT2D eigenvalue weighted by Crippen LogP contribution is 2.37. The Morgan fingerprint density at radius 2 is 1.91 bits per heavy atom. The number of methoxy groups -OCH3 is 1. The highest BCUT2D eigenvalue weighted by atomic mass is 19.1. The van der Waals surface area contributed by atoms with Crippen molar-refractivity contribution in [3.63, 3.8) is 0 Å². The first-order chi connectivity index (χ1) is 16.0. The molecule has 0 aliphatic heterocycles. The van der Waals surface area contributed by atoms with Crippen LogP contribution in [0.1, 0.15) is 38.3 Å². The van der Waals surface area contributed by atoms with E-state index in [0.717, 1.165) is 66.7 Å². The predicted molar refractivity (Wildman–Crippen MR) is 124 cm³/mol. The molecule has 0 saturated heterocycles. The molecule has 1 fully saturated rings. The number of hydrogen-bond acceptors (Lipinski definition) is 4. The number of pyridine rings is 1. The number of hydrogen-bond donors (Lipinski definition) is 1. The number of aromatic nitrogens is 3. The molecule has 2 heterocycles. The van der Waals surface area contributed by atoms with E-state index in [1.165, 1.54) is 19.4 Å². The average molecular weight is 452 g/mol. The summed E-state index contributed by atoms with van der Waals surface area (Å²) in [5.74, 6) is -0.811. The van der Waals surface area contributed by atoms with E-state index >= 15 is 0 Å². The van der Waals surface area contributed by atoms with Gasteiger partial charge < -0.3 is 9.84 Å². The minimum atomic E-state index is -0.887. The maximum atomic E-state index is 14.0. The van der Waals surface area contributed by atoms with Crippen molar-refractivity contribution in [3.05, 3.63) is 60.3 Å². The highest BCUT2D eigenvalue weighted by molar-refractivity contribution is 5.82. The fourth-order valence-electron chi connectivity index (χ4n) is 5.07. The van der Waals surface area contributed by atoms with Crippen LogP contribution in [0.15, 0.2) is 48.8 Å². The van der Waals surface area contributed by atoms with Crippen LogP contribution in [0.25, 0.3) is 22.4 Å². The molecule has 7 heteroatoms. The molecule has 1 aromatic carbocycles. The maximum absolute atomic E-state index is 14.0. The zero-order chi connectivity index (χ0) is 23.4. The second-order valence-corrected chi connectivity index (χ2v) is 8.74. The molecular weight excluding hydrogens is 421 g/mol. The zero-order valence-corrected chi connectivity index (χ0v) is 19.1. The second kappa shape index (κ2) is 10.3. The predicted octanol–water partition coefficient (Wildman–Crippen LogP) is 5.22. The SMILES string of the molecule is CCc1c(-c2cncc(F)c2)c(-c2ccccc2)nn1C[C@H]1CC[C@H](C(OC)C(=O)O)CC1. The van der Waals surface area contributed by atoms with Gasteiger partial charge in [-0.1, -0.05) is 37.3 Å². The van der Waals surface area contributed by atoms with E-state index in [4.69, 9.17) is 9.84 Å². The number of rotatable bonds is 8. The third-order valence-corrected chi connectivity index (χ3v) is 6.68. The van der Waals surface area contributed by atoms with Crippen LogP contribution in [0.3, 0.4) is 0 Å². The molecule has 4 rings (SSSR count). The molecule has 0 spiro atoms. The van der Waals surface area contributed by atoms with Crippen molar-refractivity contribution in [2.24, 2.45) is 11.8 Å². The van der Waals surface area contributed by atoms with Gasteiger partial charge in [0.2, 0.25) is 0 Å². The van der Waals surface area contributed by atoms with Crippen LogP contribution in [0.4, 0.5) is 4.39 Å². The van der Waals surface area contributed by atoms with E-state index in [1.54, 1.807) is 6.20 Å². The number of halogens is 1. The van der Waals surface area contributed by atoms with Crippen molar-refractivity contribution in [2.75, 3.05) is 7.11 Å². The van der Waals surface area contributed by atoms with Gasteiger partial charge in [-0.15, -0.1) is 0 Å². The molecule has 0 bridgehead atoms. The number of carbonyl (C=O) groups is 1. The largest absolute Gasteiger partial charge is 0.479 e. The lowest BCUT2D eigenvalue weighted by Gasteiger charge is -2.31. The Morgan fingerprint density at radius 3 is 2.52 bits per heavy atom. The molecule has 6 nitrogen and oxygen atoms in total. The number of carboxylic acid groups (broad SMARTS) is 1. The Morgan fingerprint density at radius 1 is 1.18 bits per heavy atom. The normalized spacial score (nSPS) is 19.4. The molecule has 1 aliphatic rings. The van der Waals surface area contributed by atoms with Crippen molar-refractivity contribution in [1.82, 2.24) is 14.8 Å². The standard InChI is InChI=1S/C26H30FN3O3/c1-3-22-23(20-13-21(27)15-28-14-20)24(18-7-5-4-6-8-18)29-30(22)16-17-9-11-19(12-10-17)25(33-2)26(31)32/h4-8,13-15,17,19,25H,3,9-12,16H2,1-2H3,(H,31,32)/t17-,19-,25?. The first kappa shape index (κ1) is 23.1. The van der Waals surface area contributed by atoms with Gasteiger partial charge in [0.1, 0.15) is 11.5 Å². The Kier molecular flexibility index (Phi) is 7.18. The van der Waals surface area contributed by atoms with Crippen molar-refractivity contribution in [1.29, 1.82) is 0 Å². The second-order valence-electron chi connectivity index (χ2n) is 8.74. The van der Waals surface area contributed by atoms with Crippen LogP contribution in [0.5, 0.6) is 0 Å². The third-order valence-electron chi connectivity index (χ3n) is 6.68. The molecule has 1 N–H and O–H groups in total. The third kappa shape index (κ3) is 4.98. The molecule has 3 aromatic rings. The fraction of sp³-hybridized carbons (Fsp3) is 0.423. The first-order valence-electron chi connectivity index (χ1n) is 11.5. The van der Waals surface area contributed by atoms with Crippen LogP contribution in [-0.4, -0.2) is 39.1 Å². The number of benzene rings is 1. The molecule has 2 aromatic heterocycles. The number of nitrogens with zero attached hydrogens (tertiary/aromatic N) is 3. The van der Waals surface area contributed by atoms with Crippen molar-refractivity contribution >= 4 is 5.97 Å². The van der Waals surface area contributed by atoms with Gasteiger partial charge in [0, 0.05) is 42.2 Å². The van der Waals surface area contributed by atoms with Crippen molar-refractivity contribution in [3.8, 4) is 22.4 Å². The monoisotopic (exact) mass is 451 g/mol. The fourth-order valence-corrected chi connectivity index (χ4v) is 5.07. The van der Waals surface area contributed by atoms with Gasteiger partial charge in [0.05, 0.1) is 6.20 Å². The Balaban J connectivity index is 1.64.